The molecular weight excluding hydrogens is 305 g/mol. The summed E-state index contributed by atoms with van der Waals surface area (Å²) in [7, 11) is 0. The average molecular weight is 325 g/mol. The number of nitrogens with zero attached hydrogens (tertiary/aromatic N) is 1. The topological polar surface area (TPSA) is 67.5 Å². The van der Waals surface area contributed by atoms with Crippen molar-refractivity contribution in [2.24, 2.45) is 10.7 Å². The number of amidine groups is 1. The zero-order valence-corrected chi connectivity index (χ0v) is 13.8. The van der Waals surface area contributed by atoms with Gasteiger partial charge in [-0.3, -0.25) is 9.79 Å². The second-order valence-corrected chi connectivity index (χ2v) is 6.16. The molecule has 3 N–H and O–H groups in total. The molecule has 0 saturated heterocycles. The molecule has 1 aliphatic rings. The number of rotatable bonds is 3. The maximum atomic E-state index is 13.5. The highest BCUT2D eigenvalue weighted by Gasteiger charge is 2.39. The summed E-state index contributed by atoms with van der Waals surface area (Å²) in [5.74, 6) is 0.0463. The molecular formula is C19H20FN3O. The minimum atomic E-state index is -0.755. The van der Waals surface area contributed by atoms with Gasteiger partial charge >= 0.3 is 0 Å². The lowest BCUT2D eigenvalue weighted by Gasteiger charge is -2.32. The highest BCUT2D eigenvalue weighted by Crippen LogP contribution is 2.34. The van der Waals surface area contributed by atoms with E-state index in [9.17, 15) is 9.18 Å². The van der Waals surface area contributed by atoms with Crippen molar-refractivity contribution in [1.29, 1.82) is 0 Å². The lowest BCUT2D eigenvalue weighted by Crippen LogP contribution is -2.47. The van der Waals surface area contributed by atoms with E-state index >= 15 is 0 Å². The van der Waals surface area contributed by atoms with Crippen molar-refractivity contribution in [3.05, 3.63) is 59.4 Å². The smallest absolute Gasteiger partial charge is 0.232 e. The van der Waals surface area contributed by atoms with E-state index in [-0.39, 0.29) is 11.7 Å². The number of nitrogens with two attached hydrogens (primary N) is 1. The van der Waals surface area contributed by atoms with Crippen LogP contribution in [0.25, 0.3) is 11.1 Å². The van der Waals surface area contributed by atoms with E-state index in [1.54, 1.807) is 6.07 Å². The number of halogens is 1. The largest absolute Gasteiger partial charge is 0.383 e. The quantitative estimate of drug-likeness (QED) is 0.911. The highest BCUT2D eigenvalue weighted by atomic mass is 19.1. The first kappa shape index (κ1) is 16.2. The first-order valence-electron chi connectivity index (χ1n) is 7.95. The van der Waals surface area contributed by atoms with Gasteiger partial charge in [-0.1, -0.05) is 24.3 Å². The number of aliphatic imine (C=N–C) groups is 1. The molecule has 0 radical (unpaired) electrons. The Balaban J connectivity index is 2.10. The van der Waals surface area contributed by atoms with Gasteiger partial charge in [-0.05, 0) is 48.7 Å². The molecule has 124 valence electrons. The van der Waals surface area contributed by atoms with Gasteiger partial charge < -0.3 is 11.1 Å². The minimum Gasteiger partial charge on any atom is -0.383 e. The van der Waals surface area contributed by atoms with Gasteiger partial charge in [0.25, 0.3) is 0 Å². The van der Waals surface area contributed by atoms with Crippen molar-refractivity contribution in [3.8, 4) is 11.1 Å². The predicted molar refractivity (Wildman–Crippen MR) is 93.5 cm³/mol. The summed E-state index contributed by atoms with van der Waals surface area (Å²) in [6.45, 7) is 4.63. The van der Waals surface area contributed by atoms with E-state index < -0.39 is 5.41 Å². The van der Waals surface area contributed by atoms with Crippen molar-refractivity contribution in [1.82, 2.24) is 5.32 Å². The summed E-state index contributed by atoms with van der Waals surface area (Å²) >= 11 is 0. The van der Waals surface area contributed by atoms with E-state index in [1.165, 1.54) is 12.1 Å². The van der Waals surface area contributed by atoms with Crippen LogP contribution in [0.15, 0.2) is 47.5 Å². The van der Waals surface area contributed by atoms with Crippen LogP contribution in [0.5, 0.6) is 0 Å². The molecule has 5 heteroatoms. The number of benzene rings is 2. The Morgan fingerprint density at radius 2 is 2.04 bits per heavy atom. The second kappa shape index (κ2) is 6.07. The van der Waals surface area contributed by atoms with E-state index in [1.807, 2.05) is 38.1 Å². The average Bonchev–Trinajstić information content (AvgIpc) is 2.58. The Morgan fingerprint density at radius 1 is 1.29 bits per heavy atom. The highest BCUT2D eigenvalue weighted by molar-refractivity contribution is 6.04. The molecule has 1 aliphatic heterocycles. The Labute approximate surface area is 140 Å². The fourth-order valence-electron chi connectivity index (χ4n) is 3.05. The predicted octanol–water partition coefficient (Wildman–Crippen LogP) is 2.61. The van der Waals surface area contributed by atoms with Crippen LogP contribution in [0.4, 0.5) is 4.39 Å². The zero-order valence-electron chi connectivity index (χ0n) is 13.8. The van der Waals surface area contributed by atoms with Crippen molar-refractivity contribution in [2.75, 3.05) is 13.1 Å². The number of likely N-dealkylation sites (N-methyl/N-ethyl adjacent to an activating group) is 1. The van der Waals surface area contributed by atoms with Crippen LogP contribution in [0.2, 0.25) is 0 Å². The van der Waals surface area contributed by atoms with E-state index in [0.717, 1.165) is 22.3 Å². The van der Waals surface area contributed by atoms with Crippen LogP contribution >= 0.6 is 0 Å². The lowest BCUT2D eigenvalue weighted by atomic mass is 9.76. The fourth-order valence-corrected chi connectivity index (χ4v) is 3.05. The monoisotopic (exact) mass is 325 g/mol. The number of carbonyl (C=O) groups is 1. The maximum Gasteiger partial charge on any atom is 0.232 e. The Bertz CT molecular complexity index is 831. The first-order valence-corrected chi connectivity index (χ1v) is 7.95. The van der Waals surface area contributed by atoms with Crippen molar-refractivity contribution < 1.29 is 9.18 Å². The molecule has 0 aliphatic carbocycles. The van der Waals surface area contributed by atoms with E-state index in [4.69, 9.17) is 5.73 Å². The molecule has 0 spiro atoms. The Morgan fingerprint density at radius 3 is 2.75 bits per heavy atom. The molecule has 1 atom stereocenters. The third kappa shape index (κ3) is 2.66. The van der Waals surface area contributed by atoms with Crippen molar-refractivity contribution in [2.45, 2.75) is 19.3 Å². The molecule has 3 rings (SSSR count). The summed E-state index contributed by atoms with van der Waals surface area (Å²) < 4.78 is 13.5. The van der Waals surface area contributed by atoms with Gasteiger partial charge in [-0.25, -0.2) is 4.39 Å². The van der Waals surface area contributed by atoms with E-state index in [2.05, 4.69) is 10.3 Å². The zero-order chi connectivity index (χ0) is 17.3. The molecule has 2 aromatic carbocycles. The molecule has 0 saturated carbocycles. The van der Waals surface area contributed by atoms with Gasteiger partial charge in [0.05, 0.1) is 12.0 Å². The van der Waals surface area contributed by atoms with Crippen LogP contribution in [0.1, 0.15) is 25.0 Å². The van der Waals surface area contributed by atoms with Crippen LogP contribution in [0.3, 0.4) is 0 Å². The van der Waals surface area contributed by atoms with Crippen molar-refractivity contribution >= 4 is 11.7 Å². The third-order valence-corrected chi connectivity index (χ3v) is 4.45. The summed E-state index contributed by atoms with van der Waals surface area (Å²) in [4.78, 5) is 16.9. The van der Waals surface area contributed by atoms with Crippen LogP contribution in [-0.2, 0) is 10.2 Å². The van der Waals surface area contributed by atoms with E-state index in [0.29, 0.717) is 18.9 Å². The summed E-state index contributed by atoms with van der Waals surface area (Å²) in [5, 5.41) is 2.87. The number of hydrogen-bond donors (Lipinski definition) is 2. The van der Waals surface area contributed by atoms with Gasteiger partial charge in [0, 0.05) is 12.1 Å². The summed E-state index contributed by atoms with van der Waals surface area (Å²) in [6, 6.07) is 12.0. The first-order chi connectivity index (χ1) is 11.5. The molecule has 1 amide bonds. The van der Waals surface area contributed by atoms with Gasteiger partial charge in [0.1, 0.15) is 11.7 Å². The van der Waals surface area contributed by atoms with Gasteiger partial charge in [-0.15, -0.1) is 0 Å². The molecule has 0 fully saturated rings. The summed E-state index contributed by atoms with van der Waals surface area (Å²) in [5.41, 5.74) is 8.49. The standard InChI is InChI=1S/C19H20FN3O/c1-3-22-18(24)19(2)11-23-17(21)15-10-13(7-8-16(15)19)12-5-4-6-14(20)9-12/h4-10H,3,11H2,1-2H3,(H2,21,23)(H,22,24). The number of amides is 1. The lowest BCUT2D eigenvalue weighted by molar-refractivity contribution is -0.125. The minimum absolute atomic E-state index is 0.0685. The normalized spacial score (nSPS) is 19.4. The van der Waals surface area contributed by atoms with Crippen molar-refractivity contribution in [3.63, 3.8) is 0 Å². The van der Waals surface area contributed by atoms with Gasteiger partial charge in [0.2, 0.25) is 5.91 Å². The molecule has 1 unspecified atom stereocenters. The van der Waals surface area contributed by atoms with Crippen LogP contribution < -0.4 is 11.1 Å². The number of hydrogen-bond acceptors (Lipinski definition) is 3. The second-order valence-electron chi connectivity index (χ2n) is 6.16. The molecule has 2 aromatic rings. The number of nitrogens with one attached hydrogen (secondary N) is 1. The number of carbonyl (C=O) groups excluding carboxylic acids is 1. The van der Waals surface area contributed by atoms with Crippen LogP contribution in [-0.4, -0.2) is 24.8 Å². The molecule has 0 bridgehead atoms. The Kier molecular flexibility index (Phi) is 4.09. The number of fused-ring (bicyclic) bond motifs is 1. The molecule has 0 aromatic heterocycles. The summed E-state index contributed by atoms with van der Waals surface area (Å²) in [6.07, 6.45) is 0. The van der Waals surface area contributed by atoms with Crippen LogP contribution in [0, 0.1) is 5.82 Å². The third-order valence-electron chi connectivity index (χ3n) is 4.45. The SMILES string of the molecule is CCNC(=O)C1(C)CN=C(N)c2cc(-c3cccc(F)c3)ccc21. The molecule has 1 heterocycles. The fraction of sp³-hybridized carbons (Fsp3) is 0.263. The maximum absolute atomic E-state index is 13.5. The molecule has 24 heavy (non-hydrogen) atoms. The molecule has 4 nitrogen and oxygen atoms in total. The van der Waals surface area contributed by atoms with Gasteiger partial charge in [0.15, 0.2) is 0 Å². The van der Waals surface area contributed by atoms with Gasteiger partial charge in [-0.2, -0.15) is 0 Å². The Hall–Kier alpha value is -2.69.